The van der Waals surface area contributed by atoms with Crippen LogP contribution < -0.4 is 0 Å². The molecule has 2 aromatic heterocycles. The molecule has 0 spiro atoms. The first-order chi connectivity index (χ1) is 3.97. The van der Waals surface area contributed by atoms with Crippen molar-refractivity contribution in [1.82, 2.24) is 9.61 Å². The van der Waals surface area contributed by atoms with Gasteiger partial charge in [0.2, 0.25) is 0 Å². The van der Waals surface area contributed by atoms with Gasteiger partial charge in [0.25, 0.3) is 0 Å². The lowest BCUT2D eigenvalue weighted by Crippen LogP contribution is -1.73. The first-order valence-electron chi connectivity index (χ1n) is 2.25. The van der Waals surface area contributed by atoms with Crippen LogP contribution in [0.4, 0.5) is 0 Å². The summed E-state index contributed by atoms with van der Waals surface area (Å²) in [6, 6.07) is 2.97. The van der Waals surface area contributed by atoms with E-state index in [4.69, 9.17) is 0 Å². The fourth-order valence-corrected chi connectivity index (χ4v) is 1.25. The highest BCUT2D eigenvalue weighted by molar-refractivity contribution is 7.15. The smallest absolute Gasteiger partial charge is 0.127 e. The van der Waals surface area contributed by atoms with E-state index in [1.54, 1.807) is 22.0 Å². The second-order valence-electron chi connectivity index (χ2n) is 1.44. The highest BCUT2D eigenvalue weighted by atomic mass is 32.1. The Balaban J connectivity index is 3.06. The van der Waals surface area contributed by atoms with Gasteiger partial charge in [0, 0.05) is 17.6 Å². The Morgan fingerprint density at radius 2 is 2.75 bits per heavy atom. The van der Waals surface area contributed by atoms with Crippen LogP contribution in [0.5, 0.6) is 0 Å². The predicted octanol–water partition coefficient (Wildman–Crippen LogP) is 1.20. The fourth-order valence-electron chi connectivity index (χ4n) is 0.612. The van der Waals surface area contributed by atoms with Crippen molar-refractivity contribution in [1.29, 1.82) is 0 Å². The molecule has 0 amide bonds. The number of fused-ring (bicyclic) bond motifs is 1. The van der Waals surface area contributed by atoms with Gasteiger partial charge in [-0.2, -0.15) is 5.10 Å². The maximum atomic E-state index is 3.95. The fraction of sp³-hybridized carbons (Fsp3) is 0. The molecule has 2 aromatic rings. The monoisotopic (exact) mass is 123 g/mol. The lowest BCUT2D eigenvalue weighted by atomic mass is 10.8. The molecule has 0 saturated carbocycles. The molecule has 0 N–H and O–H groups in total. The number of hydrogen-bond acceptors (Lipinski definition) is 2. The molecule has 1 radical (unpaired) electrons. The van der Waals surface area contributed by atoms with E-state index in [0.29, 0.717) is 0 Å². The highest BCUT2D eigenvalue weighted by Crippen LogP contribution is 2.07. The van der Waals surface area contributed by atoms with Crippen LogP contribution in [0.3, 0.4) is 0 Å². The Bertz CT molecular complexity index is 232. The van der Waals surface area contributed by atoms with Gasteiger partial charge in [0.1, 0.15) is 4.83 Å². The Labute approximate surface area is 50.4 Å². The molecule has 8 heavy (non-hydrogen) atoms. The van der Waals surface area contributed by atoms with Crippen LogP contribution >= 0.6 is 11.3 Å². The summed E-state index contributed by atoms with van der Waals surface area (Å²) in [5.74, 6) is 0. The summed E-state index contributed by atoms with van der Waals surface area (Å²) < 4.78 is 1.80. The minimum Gasteiger partial charge on any atom is -0.229 e. The number of rotatable bonds is 0. The molecule has 0 fully saturated rings. The summed E-state index contributed by atoms with van der Waals surface area (Å²) in [6.07, 6.45) is 3.59. The lowest BCUT2D eigenvalue weighted by molar-refractivity contribution is 0.978. The molecule has 2 nitrogen and oxygen atoms in total. The molecular weight excluding hydrogens is 120 g/mol. The minimum atomic E-state index is 1.07. The second-order valence-corrected chi connectivity index (χ2v) is 2.34. The van der Waals surface area contributed by atoms with Crippen molar-refractivity contribution < 1.29 is 0 Å². The number of nitrogens with zero attached hydrogens (tertiary/aromatic N) is 2. The number of hydrogen-bond donors (Lipinski definition) is 0. The largest absolute Gasteiger partial charge is 0.229 e. The normalized spacial score (nSPS) is 10.5. The Hall–Kier alpha value is -0.830. The summed E-state index contributed by atoms with van der Waals surface area (Å²) in [4.78, 5) is 1.07. The molecule has 0 aromatic carbocycles. The summed E-state index contributed by atoms with van der Waals surface area (Å²) in [5.41, 5.74) is 0. The highest BCUT2D eigenvalue weighted by Gasteiger charge is 1.89. The molecule has 0 saturated heterocycles. The van der Waals surface area contributed by atoms with Crippen molar-refractivity contribution in [2.45, 2.75) is 0 Å². The molecule has 0 atom stereocenters. The zero-order chi connectivity index (χ0) is 5.40. The van der Waals surface area contributed by atoms with Gasteiger partial charge in [-0.15, -0.1) is 11.3 Å². The number of aromatic nitrogens is 2. The van der Waals surface area contributed by atoms with Gasteiger partial charge in [-0.1, -0.05) is 0 Å². The molecule has 2 rings (SSSR count). The van der Waals surface area contributed by atoms with Crippen LogP contribution in [0.25, 0.3) is 4.83 Å². The molecule has 39 valence electrons. The zero-order valence-corrected chi connectivity index (χ0v) is 4.85. The Kier molecular flexibility index (Phi) is 0.676. The van der Waals surface area contributed by atoms with Crippen molar-refractivity contribution in [2.24, 2.45) is 0 Å². The van der Waals surface area contributed by atoms with Crippen LogP contribution in [0.1, 0.15) is 0 Å². The maximum absolute atomic E-state index is 3.95. The van der Waals surface area contributed by atoms with E-state index in [9.17, 15) is 0 Å². The first-order valence-corrected chi connectivity index (χ1v) is 3.13. The molecule has 0 aliphatic heterocycles. The van der Waals surface area contributed by atoms with Gasteiger partial charge in [0.15, 0.2) is 0 Å². The molecule has 0 unspecified atom stereocenters. The summed E-state index contributed by atoms with van der Waals surface area (Å²) in [6.45, 7) is 0. The Morgan fingerprint density at radius 1 is 1.75 bits per heavy atom. The standard InChI is InChI=1S/C5H3N2S/c1-2-6-7-3-4-8-5(1)7/h2-4H. The van der Waals surface area contributed by atoms with Gasteiger partial charge >= 0.3 is 0 Å². The topological polar surface area (TPSA) is 17.3 Å². The third-order valence-electron chi connectivity index (χ3n) is 0.960. The molecular formula is C5H3N2S. The zero-order valence-electron chi connectivity index (χ0n) is 4.03. The lowest BCUT2D eigenvalue weighted by Gasteiger charge is -1.71. The molecule has 2 heterocycles. The summed E-state index contributed by atoms with van der Waals surface area (Å²) in [7, 11) is 0. The summed E-state index contributed by atoms with van der Waals surface area (Å²) >= 11 is 1.64. The van der Waals surface area contributed by atoms with E-state index >= 15 is 0 Å². The number of thiazole rings is 1. The molecule has 0 bridgehead atoms. The predicted molar refractivity (Wildman–Crippen MR) is 31.9 cm³/mol. The minimum absolute atomic E-state index is 1.07. The maximum Gasteiger partial charge on any atom is 0.127 e. The molecule has 0 aliphatic rings. The van der Waals surface area contributed by atoms with Crippen LogP contribution in [0.15, 0.2) is 17.8 Å². The van der Waals surface area contributed by atoms with Crippen LogP contribution in [0.2, 0.25) is 0 Å². The van der Waals surface area contributed by atoms with Crippen molar-refractivity contribution in [3.8, 4) is 0 Å². The Morgan fingerprint density at radius 3 is 3.62 bits per heavy atom. The van der Waals surface area contributed by atoms with Crippen molar-refractivity contribution >= 4 is 16.2 Å². The van der Waals surface area contributed by atoms with Gasteiger partial charge in [-0.3, -0.25) is 0 Å². The SMILES string of the molecule is [c]1cnn2ccsc12. The van der Waals surface area contributed by atoms with E-state index in [1.807, 2.05) is 11.6 Å². The average Bonchev–Trinajstić information content (AvgIpc) is 2.15. The van der Waals surface area contributed by atoms with Crippen LogP contribution in [0, 0.1) is 6.07 Å². The average molecular weight is 123 g/mol. The third kappa shape index (κ3) is 0.391. The van der Waals surface area contributed by atoms with Crippen molar-refractivity contribution in [2.75, 3.05) is 0 Å². The quantitative estimate of drug-likeness (QED) is 0.514. The summed E-state index contributed by atoms with van der Waals surface area (Å²) in [5, 5.41) is 5.94. The van der Waals surface area contributed by atoms with Gasteiger partial charge in [-0.05, 0) is 0 Å². The van der Waals surface area contributed by atoms with Crippen molar-refractivity contribution in [3.63, 3.8) is 0 Å². The second kappa shape index (κ2) is 1.32. The first kappa shape index (κ1) is 4.09. The van der Waals surface area contributed by atoms with Crippen LogP contribution in [-0.2, 0) is 0 Å². The van der Waals surface area contributed by atoms with E-state index in [-0.39, 0.29) is 0 Å². The molecule has 3 heteroatoms. The van der Waals surface area contributed by atoms with E-state index in [1.165, 1.54) is 0 Å². The van der Waals surface area contributed by atoms with E-state index in [2.05, 4.69) is 11.2 Å². The third-order valence-corrected chi connectivity index (χ3v) is 1.75. The van der Waals surface area contributed by atoms with Crippen molar-refractivity contribution in [3.05, 3.63) is 23.8 Å². The van der Waals surface area contributed by atoms with Gasteiger partial charge in [-0.25, -0.2) is 4.52 Å². The van der Waals surface area contributed by atoms with Crippen LogP contribution in [-0.4, -0.2) is 9.61 Å². The van der Waals surface area contributed by atoms with Gasteiger partial charge < -0.3 is 0 Å². The van der Waals surface area contributed by atoms with E-state index < -0.39 is 0 Å². The molecule has 0 aliphatic carbocycles. The van der Waals surface area contributed by atoms with E-state index in [0.717, 1.165) is 4.83 Å². The van der Waals surface area contributed by atoms with Gasteiger partial charge in [0.05, 0.1) is 6.20 Å².